The number of halogens is 1. The van der Waals surface area contributed by atoms with Crippen LogP contribution in [0.25, 0.3) is 11.1 Å². The SMILES string of the molecule is CCCOc1cncc(-c2ccc(CNC)cc2F)c1. The molecule has 1 heterocycles. The van der Waals surface area contributed by atoms with E-state index in [-0.39, 0.29) is 5.82 Å². The van der Waals surface area contributed by atoms with Gasteiger partial charge in [0.1, 0.15) is 11.6 Å². The summed E-state index contributed by atoms with van der Waals surface area (Å²) in [4.78, 5) is 4.11. The molecule has 106 valence electrons. The molecule has 0 aliphatic rings. The van der Waals surface area contributed by atoms with Crippen molar-refractivity contribution in [3.05, 3.63) is 48.0 Å². The highest BCUT2D eigenvalue weighted by atomic mass is 19.1. The Labute approximate surface area is 118 Å². The molecule has 4 heteroatoms. The highest BCUT2D eigenvalue weighted by Crippen LogP contribution is 2.26. The van der Waals surface area contributed by atoms with Gasteiger partial charge in [0.2, 0.25) is 0 Å². The molecule has 0 aliphatic carbocycles. The summed E-state index contributed by atoms with van der Waals surface area (Å²) in [5.41, 5.74) is 2.19. The first-order valence-corrected chi connectivity index (χ1v) is 6.76. The number of hydrogen-bond donors (Lipinski definition) is 1. The van der Waals surface area contributed by atoms with E-state index in [1.807, 2.05) is 26.1 Å². The van der Waals surface area contributed by atoms with Crippen LogP contribution in [0.1, 0.15) is 18.9 Å². The molecule has 2 rings (SSSR count). The Bertz CT molecular complexity index is 572. The fourth-order valence-electron chi connectivity index (χ4n) is 1.97. The Hall–Kier alpha value is -1.94. The number of pyridine rings is 1. The minimum Gasteiger partial charge on any atom is -0.492 e. The first-order chi connectivity index (χ1) is 9.74. The molecule has 1 N–H and O–H groups in total. The molecule has 0 saturated carbocycles. The van der Waals surface area contributed by atoms with Crippen LogP contribution in [0.15, 0.2) is 36.7 Å². The first-order valence-electron chi connectivity index (χ1n) is 6.76. The average Bonchev–Trinajstić information content (AvgIpc) is 2.46. The molecule has 0 saturated heterocycles. The van der Waals surface area contributed by atoms with E-state index in [9.17, 15) is 4.39 Å². The van der Waals surface area contributed by atoms with Crippen LogP contribution in [0.3, 0.4) is 0 Å². The van der Waals surface area contributed by atoms with E-state index in [1.165, 1.54) is 0 Å². The summed E-state index contributed by atoms with van der Waals surface area (Å²) in [7, 11) is 1.84. The molecule has 3 nitrogen and oxygen atoms in total. The van der Waals surface area contributed by atoms with E-state index in [1.54, 1.807) is 24.5 Å². The maximum atomic E-state index is 14.1. The molecule has 20 heavy (non-hydrogen) atoms. The van der Waals surface area contributed by atoms with Crippen molar-refractivity contribution in [1.29, 1.82) is 0 Å². The van der Waals surface area contributed by atoms with E-state index in [2.05, 4.69) is 10.3 Å². The van der Waals surface area contributed by atoms with Gasteiger partial charge >= 0.3 is 0 Å². The van der Waals surface area contributed by atoms with E-state index < -0.39 is 0 Å². The fourth-order valence-corrected chi connectivity index (χ4v) is 1.97. The highest BCUT2D eigenvalue weighted by Gasteiger charge is 2.07. The summed E-state index contributed by atoms with van der Waals surface area (Å²) in [5.74, 6) is 0.426. The number of nitrogens with zero attached hydrogens (tertiary/aromatic N) is 1. The van der Waals surface area contributed by atoms with Crippen LogP contribution in [0.2, 0.25) is 0 Å². The van der Waals surface area contributed by atoms with E-state index >= 15 is 0 Å². The molecule has 0 spiro atoms. The Balaban J connectivity index is 2.26. The molecule has 2 aromatic rings. The van der Waals surface area contributed by atoms with Crippen LogP contribution in [-0.4, -0.2) is 18.6 Å². The van der Waals surface area contributed by atoms with Crippen molar-refractivity contribution in [1.82, 2.24) is 10.3 Å². The maximum absolute atomic E-state index is 14.1. The van der Waals surface area contributed by atoms with Crippen molar-refractivity contribution in [3.8, 4) is 16.9 Å². The van der Waals surface area contributed by atoms with Gasteiger partial charge in [0.05, 0.1) is 12.8 Å². The monoisotopic (exact) mass is 274 g/mol. The van der Waals surface area contributed by atoms with Crippen molar-refractivity contribution < 1.29 is 9.13 Å². The second-order valence-corrected chi connectivity index (χ2v) is 4.60. The van der Waals surface area contributed by atoms with Gasteiger partial charge in [0, 0.05) is 23.9 Å². The van der Waals surface area contributed by atoms with Gasteiger partial charge in [0.25, 0.3) is 0 Å². The number of ether oxygens (including phenoxy) is 1. The average molecular weight is 274 g/mol. The standard InChI is InChI=1S/C16H19FN2O/c1-3-6-20-14-8-13(10-19-11-14)15-5-4-12(9-18-2)7-16(15)17/h4-5,7-8,10-11,18H,3,6,9H2,1-2H3. The lowest BCUT2D eigenvalue weighted by Gasteiger charge is -2.08. The van der Waals surface area contributed by atoms with Gasteiger partial charge in [-0.25, -0.2) is 4.39 Å². The molecule has 1 aromatic carbocycles. The van der Waals surface area contributed by atoms with Gasteiger partial charge in [-0.05, 0) is 31.2 Å². The molecule has 0 bridgehead atoms. The van der Waals surface area contributed by atoms with Crippen LogP contribution in [0, 0.1) is 5.82 Å². The lowest BCUT2D eigenvalue weighted by atomic mass is 10.0. The fraction of sp³-hybridized carbons (Fsp3) is 0.312. The highest BCUT2D eigenvalue weighted by molar-refractivity contribution is 5.64. The summed E-state index contributed by atoms with van der Waals surface area (Å²) >= 11 is 0. The van der Waals surface area contributed by atoms with Crippen molar-refractivity contribution >= 4 is 0 Å². The molecule has 0 amide bonds. The number of hydrogen-bond acceptors (Lipinski definition) is 3. The van der Waals surface area contributed by atoms with Gasteiger partial charge < -0.3 is 10.1 Å². The van der Waals surface area contributed by atoms with Crippen molar-refractivity contribution in [2.45, 2.75) is 19.9 Å². The van der Waals surface area contributed by atoms with Gasteiger partial charge in [-0.3, -0.25) is 4.98 Å². The zero-order valence-corrected chi connectivity index (χ0v) is 11.8. The molecule has 1 aromatic heterocycles. The minimum atomic E-state index is -0.243. The Morgan fingerprint density at radius 1 is 1.25 bits per heavy atom. The number of benzene rings is 1. The second-order valence-electron chi connectivity index (χ2n) is 4.60. The first kappa shape index (κ1) is 14.5. The summed E-state index contributed by atoms with van der Waals surface area (Å²) in [6.07, 6.45) is 4.22. The quantitative estimate of drug-likeness (QED) is 0.876. The van der Waals surface area contributed by atoms with Crippen LogP contribution in [0.5, 0.6) is 5.75 Å². The minimum absolute atomic E-state index is 0.243. The van der Waals surface area contributed by atoms with Crippen LogP contribution in [-0.2, 0) is 6.54 Å². The topological polar surface area (TPSA) is 34.1 Å². The third-order valence-electron chi connectivity index (χ3n) is 2.91. The Kier molecular flexibility index (Phi) is 5.07. The second kappa shape index (κ2) is 7.01. The number of aromatic nitrogens is 1. The molecular weight excluding hydrogens is 255 g/mol. The normalized spacial score (nSPS) is 10.6. The zero-order chi connectivity index (χ0) is 14.4. The predicted octanol–water partition coefficient (Wildman–Crippen LogP) is 3.40. The lowest BCUT2D eigenvalue weighted by molar-refractivity contribution is 0.316. The zero-order valence-electron chi connectivity index (χ0n) is 11.8. The van der Waals surface area contributed by atoms with E-state index in [4.69, 9.17) is 4.74 Å². The van der Waals surface area contributed by atoms with Crippen molar-refractivity contribution in [2.24, 2.45) is 0 Å². The van der Waals surface area contributed by atoms with Crippen molar-refractivity contribution in [3.63, 3.8) is 0 Å². The molecule has 0 radical (unpaired) electrons. The smallest absolute Gasteiger partial charge is 0.138 e. The van der Waals surface area contributed by atoms with Gasteiger partial charge in [0.15, 0.2) is 0 Å². The summed E-state index contributed by atoms with van der Waals surface area (Å²) in [6.45, 7) is 3.32. The van der Waals surface area contributed by atoms with Crippen LogP contribution >= 0.6 is 0 Å². The molecule has 0 aliphatic heterocycles. The lowest BCUT2D eigenvalue weighted by Crippen LogP contribution is -2.05. The molecule has 0 fully saturated rings. The van der Waals surface area contributed by atoms with Crippen LogP contribution < -0.4 is 10.1 Å². The van der Waals surface area contributed by atoms with E-state index in [0.717, 1.165) is 17.5 Å². The maximum Gasteiger partial charge on any atom is 0.138 e. The molecule has 0 atom stereocenters. The third-order valence-corrected chi connectivity index (χ3v) is 2.91. The molecular formula is C16H19FN2O. The molecule has 0 unspecified atom stereocenters. The third kappa shape index (κ3) is 3.54. The van der Waals surface area contributed by atoms with Gasteiger partial charge in [-0.1, -0.05) is 19.1 Å². The van der Waals surface area contributed by atoms with Gasteiger partial charge in [-0.2, -0.15) is 0 Å². The summed E-state index contributed by atoms with van der Waals surface area (Å²) in [5, 5.41) is 3.00. The summed E-state index contributed by atoms with van der Waals surface area (Å²) < 4.78 is 19.7. The summed E-state index contributed by atoms with van der Waals surface area (Å²) in [6, 6.07) is 7.06. The van der Waals surface area contributed by atoms with Gasteiger partial charge in [-0.15, -0.1) is 0 Å². The largest absolute Gasteiger partial charge is 0.492 e. The number of rotatable bonds is 6. The predicted molar refractivity (Wildman–Crippen MR) is 78.2 cm³/mol. The number of nitrogens with one attached hydrogen (secondary N) is 1. The van der Waals surface area contributed by atoms with Crippen LogP contribution in [0.4, 0.5) is 4.39 Å². The van der Waals surface area contributed by atoms with E-state index in [0.29, 0.717) is 24.5 Å². The Morgan fingerprint density at radius 3 is 2.80 bits per heavy atom. The Morgan fingerprint density at radius 2 is 2.10 bits per heavy atom. The van der Waals surface area contributed by atoms with Crippen molar-refractivity contribution in [2.75, 3.05) is 13.7 Å².